The van der Waals surface area contributed by atoms with Crippen molar-refractivity contribution < 1.29 is 19.8 Å². The van der Waals surface area contributed by atoms with Crippen LogP contribution in [0.4, 0.5) is 0 Å². The van der Waals surface area contributed by atoms with E-state index in [1.165, 1.54) is 0 Å². The third-order valence-electron chi connectivity index (χ3n) is 1.23. The molecule has 70 valence electrons. The van der Waals surface area contributed by atoms with Gasteiger partial charge in [0.25, 0.3) is 0 Å². The molecule has 1 aromatic rings. The van der Waals surface area contributed by atoms with E-state index in [2.05, 4.69) is 31.9 Å². The standard InChI is InChI=1S/C6H2Br2O4S/c7-3-1(5(9)10)2(6(11)12)4(8)13-3/h(H,9,10)(H,11,12)/p-2. The van der Waals surface area contributed by atoms with Gasteiger partial charge in [-0.25, -0.2) is 0 Å². The lowest BCUT2D eigenvalue weighted by molar-refractivity contribution is -0.259. The van der Waals surface area contributed by atoms with Crippen LogP contribution in [-0.4, -0.2) is 11.9 Å². The molecule has 0 saturated carbocycles. The average molecular weight is 328 g/mol. The lowest BCUT2D eigenvalue weighted by Gasteiger charge is -2.06. The van der Waals surface area contributed by atoms with Gasteiger partial charge in [-0.1, -0.05) is 0 Å². The Hall–Kier alpha value is -0.400. The Balaban J connectivity index is 3.47. The molecule has 0 bridgehead atoms. The first kappa shape index (κ1) is 10.7. The van der Waals surface area contributed by atoms with Crippen molar-refractivity contribution in [3.8, 4) is 0 Å². The van der Waals surface area contributed by atoms with E-state index in [0.717, 1.165) is 11.3 Å². The van der Waals surface area contributed by atoms with Gasteiger partial charge in [-0.15, -0.1) is 11.3 Å². The molecule has 0 N–H and O–H groups in total. The maximum Gasteiger partial charge on any atom is 0.0807 e. The SMILES string of the molecule is O=C([O-])c1c(Br)sc(Br)c1C(=O)[O-]. The van der Waals surface area contributed by atoms with Crippen LogP contribution >= 0.6 is 43.2 Å². The third kappa shape index (κ3) is 1.92. The van der Waals surface area contributed by atoms with Crippen LogP contribution in [0.25, 0.3) is 0 Å². The molecule has 1 heterocycles. The highest BCUT2D eigenvalue weighted by atomic mass is 79.9. The summed E-state index contributed by atoms with van der Waals surface area (Å²) < 4.78 is 0.386. The highest BCUT2D eigenvalue weighted by Crippen LogP contribution is 2.36. The van der Waals surface area contributed by atoms with Crippen molar-refractivity contribution in [2.75, 3.05) is 0 Å². The summed E-state index contributed by atoms with van der Waals surface area (Å²) in [6.07, 6.45) is 0. The van der Waals surface area contributed by atoms with Crippen molar-refractivity contribution in [2.45, 2.75) is 0 Å². The summed E-state index contributed by atoms with van der Waals surface area (Å²) in [6.45, 7) is 0. The van der Waals surface area contributed by atoms with E-state index in [1.807, 2.05) is 0 Å². The van der Waals surface area contributed by atoms with Gasteiger partial charge in [-0.05, 0) is 31.9 Å². The lowest BCUT2D eigenvalue weighted by Crippen LogP contribution is -2.29. The molecule has 0 aliphatic heterocycles. The molecular formula is C6Br2O4S-2. The summed E-state index contributed by atoms with van der Waals surface area (Å²) in [6, 6.07) is 0. The Kier molecular flexibility index (Phi) is 3.09. The van der Waals surface area contributed by atoms with Crippen LogP contribution in [0.2, 0.25) is 0 Å². The van der Waals surface area contributed by atoms with Crippen LogP contribution in [0.3, 0.4) is 0 Å². The molecule has 0 aliphatic carbocycles. The minimum atomic E-state index is -1.55. The first-order chi connectivity index (χ1) is 5.95. The monoisotopic (exact) mass is 326 g/mol. The zero-order valence-corrected chi connectivity index (χ0v) is 9.79. The van der Waals surface area contributed by atoms with Crippen molar-refractivity contribution in [1.29, 1.82) is 0 Å². The molecule has 0 aliphatic rings. The van der Waals surface area contributed by atoms with Gasteiger partial charge in [-0.2, -0.15) is 0 Å². The second kappa shape index (κ2) is 3.77. The maximum absolute atomic E-state index is 10.5. The number of carbonyl (C=O) groups is 2. The van der Waals surface area contributed by atoms with Crippen LogP contribution in [0.15, 0.2) is 7.57 Å². The molecule has 0 atom stereocenters. The Bertz CT molecular complexity index is 350. The molecule has 1 rings (SSSR count). The van der Waals surface area contributed by atoms with Crippen molar-refractivity contribution >= 4 is 55.1 Å². The van der Waals surface area contributed by atoms with E-state index in [1.54, 1.807) is 0 Å². The number of thiophene rings is 1. The number of hydrogen-bond acceptors (Lipinski definition) is 5. The van der Waals surface area contributed by atoms with Crippen LogP contribution in [0, 0.1) is 0 Å². The van der Waals surface area contributed by atoms with Crippen molar-refractivity contribution in [2.24, 2.45) is 0 Å². The Morgan fingerprint density at radius 1 is 1.00 bits per heavy atom. The average Bonchev–Trinajstić information content (AvgIpc) is 2.24. The van der Waals surface area contributed by atoms with E-state index in [9.17, 15) is 19.8 Å². The number of carboxylic acid groups (broad SMARTS) is 2. The minimum Gasteiger partial charge on any atom is -0.545 e. The molecule has 0 unspecified atom stereocenters. The summed E-state index contributed by atoms with van der Waals surface area (Å²) in [7, 11) is 0. The highest BCUT2D eigenvalue weighted by molar-refractivity contribution is 9.12. The van der Waals surface area contributed by atoms with Crippen molar-refractivity contribution in [3.05, 3.63) is 18.7 Å². The van der Waals surface area contributed by atoms with E-state index >= 15 is 0 Å². The Labute approximate surface area is 93.4 Å². The number of hydrogen-bond donors (Lipinski definition) is 0. The molecule has 13 heavy (non-hydrogen) atoms. The Morgan fingerprint density at radius 2 is 1.31 bits per heavy atom. The molecule has 7 heteroatoms. The first-order valence-electron chi connectivity index (χ1n) is 2.85. The zero-order chi connectivity index (χ0) is 10.2. The van der Waals surface area contributed by atoms with Gasteiger partial charge >= 0.3 is 0 Å². The fourth-order valence-electron chi connectivity index (χ4n) is 0.742. The summed E-state index contributed by atoms with van der Waals surface area (Å²) in [4.78, 5) is 21.0. The molecule has 4 nitrogen and oxygen atoms in total. The van der Waals surface area contributed by atoms with E-state index in [-0.39, 0.29) is 7.57 Å². The zero-order valence-electron chi connectivity index (χ0n) is 5.80. The van der Waals surface area contributed by atoms with Gasteiger partial charge in [0.1, 0.15) is 0 Å². The maximum atomic E-state index is 10.5. The van der Waals surface area contributed by atoms with Crippen LogP contribution in [-0.2, 0) is 0 Å². The van der Waals surface area contributed by atoms with Gasteiger partial charge < -0.3 is 19.8 Å². The fraction of sp³-hybridized carbons (Fsp3) is 0. The second-order valence-corrected chi connectivity index (χ2v) is 5.63. The number of carboxylic acids is 2. The molecule has 0 radical (unpaired) electrons. The summed E-state index contributed by atoms with van der Waals surface area (Å²) >= 11 is 6.77. The van der Waals surface area contributed by atoms with Crippen LogP contribution < -0.4 is 10.2 Å². The van der Waals surface area contributed by atoms with Crippen LogP contribution in [0.5, 0.6) is 0 Å². The smallest absolute Gasteiger partial charge is 0.0807 e. The van der Waals surface area contributed by atoms with Gasteiger partial charge in [0.05, 0.1) is 19.5 Å². The van der Waals surface area contributed by atoms with E-state index in [0.29, 0.717) is 0 Å². The van der Waals surface area contributed by atoms with E-state index in [4.69, 9.17) is 0 Å². The quantitative estimate of drug-likeness (QED) is 0.765. The highest BCUT2D eigenvalue weighted by Gasteiger charge is 2.16. The summed E-state index contributed by atoms with van der Waals surface area (Å²) in [5.74, 6) is -3.10. The van der Waals surface area contributed by atoms with Gasteiger partial charge in [0.15, 0.2) is 0 Å². The van der Waals surface area contributed by atoms with Crippen molar-refractivity contribution in [3.63, 3.8) is 0 Å². The molecule has 1 aromatic heterocycles. The number of carbonyl (C=O) groups excluding carboxylic acids is 2. The molecule has 0 fully saturated rings. The van der Waals surface area contributed by atoms with Crippen LogP contribution in [0.1, 0.15) is 20.7 Å². The fourth-order valence-corrected chi connectivity index (χ4v) is 3.82. The minimum absolute atomic E-state index is 0.193. The van der Waals surface area contributed by atoms with Gasteiger partial charge in [0, 0.05) is 11.1 Å². The molecular weight excluding hydrogens is 328 g/mol. The summed E-state index contributed by atoms with van der Waals surface area (Å²) in [5, 5.41) is 21.0. The number of rotatable bonds is 2. The van der Waals surface area contributed by atoms with Crippen molar-refractivity contribution in [1.82, 2.24) is 0 Å². The third-order valence-corrected chi connectivity index (χ3v) is 3.76. The predicted molar refractivity (Wildman–Crippen MR) is 48.4 cm³/mol. The molecule has 0 saturated heterocycles. The molecule has 0 spiro atoms. The number of halogens is 2. The molecule has 0 amide bonds. The second-order valence-electron chi connectivity index (χ2n) is 1.97. The number of aromatic carboxylic acids is 2. The van der Waals surface area contributed by atoms with Gasteiger partial charge in [0.2, 0.25) is 0 Å². The normalized spacial score (nSPS) is 10.0. The topological polar surface area (TPSA) is 80.3 Å². The summed E-state index contributed by atoms with van der Waals surface area (Å²) in [5.41, 5.74) is -0.784. The largest absolute Gasteiger partial charge is 0.545 e. The Morgan fingerprint density at radius 3 is 1.54 bits per heavy atom. The lowest BCUT2D eigenvalue weighted by atomic mass is 10.2. The molecule has 0 aromatic carbocycles. The predicted octanol–water partition coefficient (Wildman–Crippen LogP) is 0.000100. The van der Waals surface area contributed by atoms with E-state index < -0.39 is 23.1 Å². The first-order valence-corrected chi connectivity index (χ1v) is 5.26. The van der Waals surface area contributed by atoms with Gasteiger partial charge in [-0.3, -0.25) is 0 Å².